The van der Waals surface area contributed by atoms with E-state index in [2.05, 4.69) is 6.92 Å². The summed E-state index contributed by atoms with van der Waals surface area (Å²) < 4.78 is 5.38. The largest absolute Gasteiger partial charge is 0.466 e. The van der Waals surface area contributed by atoms with E-state index in [9.17, 15) is 9.59 Å². The van der Waals surface area contributed by atoms with Crippen LogP contribution < -0.4 is 0 Å². The van der Waals surface area contributed by atoms with Gasteiger partial charge in [-0.2, -0.15) is 0 Å². The van der Waals surface area contributed by atoms with Crippen LogP contribution in [0, 0.1) is 25.7 Å². The Bertz CT molecular complexity index is 470. The van der Waals surface area contributed by atoms with Crippen LogP contribution in [0.4, 0.5) is 0 Å². The predicted molar refractivity (Wildman–Crippen MR) is 68.6 cm³/mol. The first-order valence-corrected chi connectivity index (χ1v) is 6.66. The second kappa shape index (κ2) is 5.09. The van der Waals surface area contributed by atoms with Gasteiger partial charge in [0.2, 0.25) is 0 Å². The number of carbonyl (C=O) groups excluding carboxylic acids is 2. The second-order valence-electron chi connectivity index (χ2n) is 5.26. The Morgan fingerprint density at radius 1 is 1.44 bits per heavy atom. The average Bonchev–Trinajstić information content (AvgIpc) is 2.68. The topological polar surface area (TPSA) is 47.3 Å². The number of carbonyl (C=O) groups is 2. The van der Waals surface area contributed by atoms with E-state index in [4.69, 9.17) is 4.42 Å². The number of aryl methyl sites for hydroxylation is 2. The van der Waals surface area contributed by atoms with Gasteiger partial charge < -0.3 is 4.42 Å². The van der Waals surface area contributed by atoms with Crippen molar-refractivity contribution in [3.63, 3.8) is 0 Å². The molecule has 1 aliphatic rings. The normalized spacial score (nSPS) is 24.3. The lowest BCUT2D eigenvalue weighted by molar-refractivity contribution is -0.123. The van der Waals surface area contributed by atoms with Crippen LogP contribution in [0.5, 0.6) is 0 Å². The highest BCUT2D eigenvalue weighted by Crippen LogP contribution is 2.31. The van der Waals surface area contributed by atoms with Crippen LogP contribution in [0.3, 0.4) is 0 Å². The SMILES string of the molecule is CCC1CCC(=O)C(C(=O)c2cc(C)oc2C)C1. The van der Waals surface area contributed by atoms with Gasteiger partial charge in [-0.05, 0) is 38.7 Å². The third kappa shape index (κ3) is 2.40. The van der Waals surface area contributed by atoms with Crippen LogP contribution in [0.15, 0.2) is 10.5 Å². The molecule has 1 aromatic rings. The molecule has 1 fully saturated rings. The molecule has 1 aliphatic carbocycles. The monoisotopic (exact) mass is 248 g/mol. The molecule has 0 aromatic carbocycles. The van der Waals surface area contributed by atoms with Crippen molar-refractivity contribution in [2.45, 2.75) is 46.5 Å². The lowest BCUT2D eigenvalue weighted by Gasteiger charge is -2.26. The van der Waals surface area contributed by atoms with Gasteiger partial charge in [0.1, 0.15) is 17.3 Å². The van der Waals surface area contributed by atoms with E-state index in [1.54, 1.807) is 13.0 Å². The Morgan fingerprint density at radius 2 is 2.17 bits per heavy atom. The zero-order valence-electron chi connectivity index (χ0n) is 11.3. The zero-order valence-corrected chi connectivity index (χ0v) is 11.3. The van der Waals surface area contributed by atoms with Crippen LogP contribution >= 0.6 is 0 Å². The standard InChI is InChI=1S/C15H20O3/c1-4-11-5-6-14(16)13(8-11)15(17)12-7-9(2)18-10(12)3/h7,11,13H,4-6,8H2,1-3H3. The molecule has 0 radical (unpaired) electrons. The molecular weight excluding hydrogens is 228 g/mol. The molecule has 0 amide bonds. The van der Waals surface area contributed by atoms with Gasteiger partial charge in [-0.1, -0.05) is 13.3 Å². The molecule has 1 saturated carbocycles. The Labute approximate surface area is 108 Å². The first-order valence-electron chi connectivity index (χ1n) is 6.66. The van der Waals surface area contributed by atoms with Crippen molar-refractivity contribution >= 4 is 11.6 Å². The lowest BCUT2D eigenvalue weighted by Crippen LogP contribution is -2.31. The molecule has 0 spiro atoms. The second-order valence-corrected chi connectivity index (χ2v) is 5.26. The first-order chi connectivity index (χ1) is 8.52. The van der Waals surface area contributed by atoms with Crippen molar-refractivity contribution in [1.29, 1.82) is 0 Å². The number of ketones is 2. The summed E-state index contributed by atoms with van der Waals surface area (Å²) in [5.41, 5.74) is 0.586. The van der Waals surface area contributed by atoms with Crippen LogP contribution in [0.1, 0.15) is 54.5 Å². The molecule has 0 aliphatic heterocycles. The minimum absolute atomic E-state index is 0.0486. The summed E-state index contributed by atoms with van der Waals surface area (Å²) in [7, 11) is 0. The number of rotatable bonds is 3. The molecule has 0 bridgehead atoms. The maximum Gasteiger partial charge on any atom is 0.176 e. The predicted octanol–water partition coefficient (Wildman–Crippen LogP) is 3.47. The van der Waals surface area contributed by atoms with E-state index in [1.165, 1.54) is 0 Å². The fourth-order valence-corrected chi connectivity index (χ4v) is 2.79. The molecule has 3 nitrogen and oxygen atoms in total. The molecule has 2 atom stereocenters. The van der Waals surface area contributed by atoms with Gasteiger partial charge in [0, 0.05) is 6.42 Å². The highest BCUT2D eigenvalue weighted by atomic mass is 16.3. The fraction of sp³-hybridized carbons (Fsp3) is 0.600. The number of hydrogen-bond acceptors (Lipinski definition) is 3. The lowest BCUT2D eigenvalue weighted by atomic mass is 9.76. The molecule has 2 rings (SSSR count). The van der Waals surface area contributed by atoms with E-state index in [-0.39, 0.29) is 11.6 Å². The van der Waals surface area contributed by atoms with Gasteiger partial charge in [-0.3, -0.25) is 9.59 Å². The van der Waals surface area contributed by atoms with Gasteiger partial charge in [0.25, 0.3) is 0 Å². The van der Waals surface area contributed by atoms with E-state index >= 15 is 0 Å². The van der Waals surface area contributed by atoms with E-state index in [0.29, 0.717) is 30.1 Å². The first kappa shape index (κ1) is 13.1. The van der Waals surface area contributed by atoms with Gasteiger partial charge in [-0.15, -0.1) is 0 Å². The van der Waals surface area contributed by atoms with E-state index in [0.717, 1.165) is 18.6 Å². The van der Waals surface area contributed by atoms with Crippen LogP contribution in [-0.2, 0) is 4.79 Å². The Kier molecular flexibility index (Phi) is 3.69. The quantitative estimate of drug-likeness (QED) is 0.607. The van der Waals surface area contributed by atoms with Gasteiger partial charge in [0.05, 0.1) is 11.5 Å². The number of Topliss-reactive ketones (excluding diaryl/α,β-unsaturated/α-hetero) is 2. The molecule has 0 N–H and O–H groups in total. The Hall–Kier alpha value is -1.38. The summed E-state index contributed by atoms with van der Waals surface area (Å²) >= 11 is 0. The average molecular weight is 248 g/mol. The van der Waals surface area contributed by atoms with Crippen molar-refractivity contribution < 1.29 is 14.0 Å². The molecular formula is C15H20O3. The summed E-state index contributed by atoms with van der Waals surface area (Å²) in [5.74, 6) is 1.47. The Morgan fingerprint density at radius 3 is 2.72 bits per heavy atom. The van der Waals surface area contributed by atoms with Crippen molar-refractivity contribution in [3.05, 3.63) is 23.2 Å². The van der Waals surface area contributed by atoms with E-state index in [1.807, 2.05) is 6.92 Å². The van der Waals surface area contributed by atoms with Gasteiger partial charge >= 0.3 is 0 Å². The summed E-state index contributed by atoms with van der Waals surface area (Å²) in [6, 6.07) is 1.75. The van der Waals surface area contributed by atoms with Crippen molar-refractivity contribution in [3.8, 4) is 0 Å². The molecule has 3 heteroatoms. The van der Waals surface area contributed by atoms with Gasteiger partial charge in [-0.25, -0.2) is 0 Å². The molecule has 2 unspecified atom stereocenters. The third-order valence-corrected chi connectivity index (χ3v) is 3.96. The van der Waals surface area contributed by atoms with Crippen molar-refractivity contribution in [2.24, 2.45) is 11.8 Å². The summed E-state index contributed by atoms with van der Waals surface area (Å²) in [4.78, 5) is 24.4. The summed E-state index contributed by atoms with van der Waals surface area (Å²) in [6.45, 7) is 5.72. The molecule has 1 heterocycles. The molecule has 18 heavy (non-hydrogen) atoms. The fourth-order valence-electron chi connectivity index (χ4n) is 2.79. The highest BCUT2D eigenvalue weighted by Gasteiger charge is 2.34. The number of furan rings is 1. The maximum atomic E-state index is 12.4. The summed E-state index contributed by atoms with van der Waals surface area (Å²) in [5, 5.41) is 0. The maximum absolute atomic E-state index is 12.4. The van der Waals surface area contributed by atoms with Crippen molar-refractivity contribution in [1.82, 2.24) is 0 Å². The number of hydrogen-bond donors (Lipinski definition) is 0. The van der Waals surface area contributed by atoms with Gasteiger partial charge in [0.15, 0.2) is 5.78 Å². The smallest absolute Gasteiger partial charge is 0.176 e. The zero-order chi connectivity index (χ0) is 13.3. The highest BCUT2D eigenvalue weighted by molar-refractivity contribution is 6.11. The molecule has 0 saturated heterocycles. The van der Waals surface area contributed by atoms with Crippen LogP contribution in [-0.4, -0.2) is 11.6 Å². The minimum Gasteiger partial charge on any atom is -0.466 e. The summed E-state index contributed by atoms with van der Waals surface area (Å²) in [6.07, 6.45) is 3.23. The Balaban J connectivity index is 2.21. The van der Waals surface area contributed by atoms with Crippen molar-refractivity contribution in [2.75, 3.05) is 0 Å². The minimum atomic E-state index is -0.445. The van der Waals surface area contributed by atoms with E-state index < -0.39 is 5.92 Å². The van der Waals surface area contributed by atoms with Crippen LogP contribution in [0.2, 0.25) is 0 Å². The van der Waals surface area contributed by atoms with Crippen LogP contribution in [0.25, 0.3) is 0 Å². The molecule has 1 aromatic heterocycles. The molecule has 98 valence electrons. The third-order valence-electron chi connectivity index (χ3n) is 3.96.